The molecule has 2 aromatic rings. The molecule has 0 spiro atoms. The standard InChI is InChI=1S/C20H25N3O3/c1-15-14-23(7-8-24-15)19-11-16(5-6-22-19)12-21-13-17-3-2-4-18-20(17)26-10-9-25-18/h2-6,11,15,21H,7-10,12-14H2,1H3/t15-/m0/s1. The molecule has 26 heavy (non-hydrogen) atoms. The molecule has 3 heterocycles. The van der Waals surface area contributed by atoms with Crippen molar-refractivity contribution in [2.75, 3.05) is 37.8 Å². The number of nitrogens with zero attached hydrogens (tertiary/aromatic N) is 2. The summed E-state index contributed by atoms with van der Waals surface area (Å²) in [7, 11) is 0. The molecule has 1 atom stereocenters. The molecule has 0 saturated carbocycles. The monoisotopic (exact) mass is 355 g/mol. The zero-order chi connectivity index (χ0) is 17.8. The van der Waals surface area contributed by atoms with Gasteiger partial charge in [-0.2, -0.15) is 0 Å². The number of benzene rings is 1. The highest BCUT2D eigenvalue weighted by molar-refractivity contribution is 5.47. The Morgan fingerprint density at radius 3 is 3.00 bits per heavy atom. The Hall–Kier alpha value is -2.31. The van der Waals surface area contributed by atoms with Crippen molar-refractivity contribution in [1.82, 2.24) is 10.3 Å². The van der Waals surface area contributed by atoms with Crippen molar-refractivity contribution in [2.24, 2.45) is 0 Å². The highest BCUT2D eigenvalue weighted by Crippen LogP contribution is 2.33. The van der Waals surface area contributed by atoms with E-state index in [1.807, 2.05) is 18.3 Å². The Morgan fingerprint density at radius 1 is 1.15 bits per heavy atom. The maximum atomic E-state index is 5.77. The molecule has 138 valence electrons. The molecule has 0 amide bonds. The van der Waals surface area contributed by atoms with Crippen LogP contribution in [0.25, 0.3) is 0 Å². The Kier molecular flexibility index (Phi) is 5.22. The predicted molar refractivity (Wildman–Crippen MR) is 99.8 cm³/mol. The molecule has 1 N–H and O–H groups in total. The Bertz CT molecular complexity index is 753. The van der Waals surface area contributed by atoms with Crippen LogP contribution in [0.15, 0.2) is 36.5 Å². The fraction of sp³-hybridized carbons (Fsp3) is 0.450. The largest absolute Gasteiger partial charge is 0.486 e. The van der Waals surface area contributed by atoms with Gasteiger partial charge in [0.1, 0.15) is 19.0 Å². The Morgan fingerprint density at radius 2 is 2.08 bits per heavy atom. The van der Waals surface area contributed by atoms with Crippen LogP contribution in [0.3, 0.4) is 0 Å². The number of morpholine rings is 1. The molecule has 1 fully saturated rings. The minimum absolute atomic E-state index is 0.249. The number of fused-ring (bicyclic) bond motifs is 1. The van der Waals surface area contributed by atoms with Gasteiger partial charge in [0.25, 0.3) is 0 Å². The first-order valence-corrected chi connectivity index (χ1v) is 9.19. The summed E-state index contributed by atoms with van der Waals surface area (Å²) in [6.07, 6.45) is 2.13. The third-order valence-corrected chi connectivity index (χ3v) is 4.67. The van der Waals surface area contributed by atoms with Crippen LogP contribution in [0, 0.1) is 0 Å². The molecule has 1 aromatic carbocycles. The maximum Gasteiger partial charge on any atom is 0.165 e. The van der Waals surface area contributed by atoms with Crippen LogP contribution in [-0.4, -0.2) is 44.0 Å². The average Bonchev–Trinajstić information content (AvgIpc) is 2.68. The van der Waals surface area contributed by atoms with Crippen molar-refractivity contribution in [3.63, 3.8) is 0 Å². The van der Waals surface area contributed by atoms with Gasteiger partial charge in [-0.3, -0.25) is 0 Å². The van der Waals surface area contributed by atoms with E-state index in [1.165, 1.54) is 5.56 Å². The van der Waals surface area contributed by atoms with Crippen molar-refractivity contribution < 1.29 is 14.2 Å². The van der Waals surface area contributed by atoms with Crippen LogP contribution in [0.1, 0.15) is 18.1 Å². The number of aromatic nitrogens is 1. The predicted octanol–water partition coefficient (Wildman–Crippen LogP) is 2.37. The Labute approximate surface area is 154 Å². The maximum absolute atomic E-state index is 5.77. The second-order valence-corrected chi connectivity index (χ2v) is 6.69. The van der Waals surface area contributed by atoms with Gasteiger partial charge in [-0.15, -0.1) is 0 Å². The number of ether oxygens (including phenoxy) is 3. The average molecular weight is 355 g/mol. The van der Waals surface area contributed by atoms with Gasteiger partial charge in [-0.1, -0.05) is 12.1 Å². The second kappa shape index (κ2) is 7.93. The van der Waals surface area contributed by atoms with E-state index in [4.69, 9.17) is 14.2 Å². The Balaban J connectivity index is 1.37. The van der Waals surface area contributed by atoms with Gasteiger partial charge in [0, 0.05) is 37.9 Å². The summed E-state index contributed by atoms with van der Waals surface area (Å²) >= 11 is 0. The van der Waals surface area contributed by atoms with Gasteiger partial charge in [0.2, 0.25) is 0 Å². The van der Waals surface area contributed by atoms with Crippen molar-refractivity contribution in [3.05, 3.63) is 47.7 Å². The molecule has 2 aliphatic heterocycles. The first-order chi connectivity index (χ1) is 12.8. The van der Waals surface area contributed by atoms with Gasteiger partial charge in [0.05, 0.1) is 12.7 Å². The van der Waals surface area contributed by atoms with Crippen LogP contribution in [-0.2, 0) is 17.8 Å². The molecular weight excluding hydrogens is 330 g/mol. The molecule has 1 saturated heterocycles. The molecular formula is C20H25N3O3. The third-order valence-electron chi connectivity index (χ3n) is 4.67. The molecule has 4 rings (SSSR count). The van der Waals surface area contributed by atoms with Gasteiger partial charge >= 0.3 is 0 Å². The van der Waals surface area contributed by atoms with Crippen molar-refractivity contribution in [2.45, 2.75) is 26.1 Å². The normalized spacial score (nSPS) is 19.4. The number of anilines is 1. The van der Waals surface area contributed by atoms with Crippen molar-refractivity contribution >= 4 is 5.82 Å². The lowest BCUT2D eigenvalue weighted by Gasteiger charge is -2.32. The zero-order valence-electron chi connectivity index (χ0n) is 15.1. The van der Waals surface area contributed by atoms with Gasteiger partial charge in [-0.25, -0.2) is 4.98 Å². The minimum Gasteiger partial charge on any atom is -0.486 e. The molecule has 0 aliphatic carbocycles. The summed E-state index contributed by atoms with van der Waals surface area (Å²) in [5.74, 6) is 2.72. The van der Waals surface area contributed by atoms with Crippen LogP contribution < -0.4 is 19.7 Å². The summed E-state index contributed by atoms with van der Waals surface area (Å²) in [6.45, 7) is 7.37. The van der Waals surface area contributed by atoms with E-state index in [-0.39, 0.29) is 6.10 Å². The summed E-state index contributed by atoms with van der Waals surface area (Å²) in [5, 5.41) is 3.50. The van der Waals surface area contributed by atoms with E-state index in [1.54, 1.807) is 0 Å². The summed E-state index contributed by atoms with van der Waals surface area (Å²) in [4.78, 5) is 6.82. The van der Waals surface area contributed by atoms with Gasteiger partial charge < -0.3 is 24.4 Å². The topological polar surface area (TPSA) is 55.9 Å². The zero-order valence-corrected chi connectivity index (χ0v) is 15.1. The molecule has 2 aliphatic rings. The fourth-order valence-corrected chi connectivity index (χ4v) is 3.38. The highest BCUT2D eigenvalue weighted by Gasteiger charge is 2.18. The summed E-state index contributed by atoms with van der Waals surface area (Å²) in [6, 6.07) is 10.3. The lowest BCUT2D eigenvalue weighted by molar-refractivity contribution is 0.0529. The lowest BCUT2D eigenvalue weighted by Crippen LogP contribution is -2.41. The van der Waals surface area contributed by atoms with Crippen LogP contribution >= 0.6 is 0 Å². The number of para-hydroxylation sites is 1. The molecule has 0 unspecified atom stereocenters. The van der Waals surface area contributed by atoms with E-state index < -0.39 is 0 Å². The van der Waals surface area contributed by atoms with E-state index in [0.717, 1.165) is 55.7 Å². The number of rotatable bonds is 5. The molecule has 0 bridgehead atoms. The highest BCUT2D eigenvalue weighted by atomic mass is 16.6. The lowest BCUT2D eigenvalue weighted by atomic mass is 10.1. The van der Waals surface area contributed by atoms with Gasteiger partial charge in [0.15, 0.2) is 11.5 Å². The first-order valence-electron chi connectivity index (χ1n) is 9.19. The number of hydrogen-bond donors (Lipinski definition) is 1. The number of hydrogen-bond acceptors (Lipinski definition) is 6. The molecule has 0 radical (unpaired) electrons. The second-order valence-electron chi connectivity index (χ2n) is 6.69. The summed E-state index contributed by atoms with van der Waals surface area (Å²) < 4.78 is 17.0. The summed E-state index contributed by atoms with van der Waals surface area (Å²) in [5.41, 5.74) is 2.34. The SMILES string of the molecule is C[C@H]1CN(c2cc(CNCc3cccc4c3OCCO4)ccn2)CCO1. The van der Waals surface area contributed by atoms with E-state index >= 15 is 0 Å². The fourth-order valence-electron chi connectivity index (χ4n) is 3.38. The van der Waals surface area contributed by atoms with E-state index in [0.29, 0.717) is 13.2 Å². The van der Waals surface area contributed by atoms with Gasteiger partial charge in [-0.05, 0) is 30.7 Å². The van der Waals surface area contributed by atoms with Crippen molar-refractivity contribution in [1.29, 1.82) is 0 Å². The molecule has 6 heteroatoms. The van der Waals surface area contributed by atoms with Crippen molar-refractivity contribution in [3.8, 4) is 11.5 Å². The van der Waals surface area contributed by atoms with Crippen LogP contribution in [0.4, 0.5) is 5.82 Å². The molecule has 1 aromatic heterocycles. The van der Waals surface area contributed by atoms with Crippen LogP contribution in [0.5, 0.6) is 11.5 Å². The van der Waals surface area contributed by atoms with Crippen LogP contribution in [0.2, 0.25) is 0 Å². The van der Waals surface area contributed by atoms with E-state index in [9.17, 15) is 0 Å². The number of pyridine rings is 1. The minimum atomic E-state index is 0.249. The number of nitrogens with one attached hydrogen (secondary N) is 1. The smallest absolute Gasteiger partial charge is 0.165 e. The van der Waals surface area contributed by atoms with E-state index in [2.05, 4.69) is 40.3 Å². The quantitative estimate of drug-likeness (QED) is 0.889. The third kappa shape index (κ3) is 3.92. The first kappa shape index (κ1) is 17.1. The molecule has 6 nitrogen and oxygen atoms in total.